The number of phenols is 2. The molecule has 0 atom stereocenters. The van der Waals surface area contributed by atoms with Crippen molar-refractivity contribution in [3.05, 3.63) is 116 Å². The van der Waals surface area contributed by atoms with E-state index in [1.54, 1.807) is 0 Å². The maximum atomic E-state index is 13.5. The maximum absolute atomic E-state index is 13.5. The number of nitrogens with zero attached hydrogens (tertiary/aromatic N) is 4. The fraction of sp³-hybridized carbons (Fsp3) is 0.0476. The van der Waals surface area contributed by atoms with E-state index in [9.17, 15) is 56.3 Å². The minimum Gasteiger partial charge on any atom is -0.744 e. The van der Waals surface area contributed by atoms with Gasteiger partial charge in [0.05, 0.1) is 90.6 Å². The molecule has 2 amide bonds. The van der Waals surface area contributed by atoms with Crippen molar-refractivity contribution in [2.24, 2.45) is 20.5 Å². The summed E-state index contributed by atoms with van der Waals surface area (Å²) in [4.78, 5) is 24.7. The Bertz CT molecular complexity index is 3750. The zero-order valence-electron chi connectivity index (χ0n) is 40.4. The second kappa shape index (κ2) is 32.2. The molecule has 7 aromatic rings. The predicted octanol–water partition coefficient (Wildman–Crippen LogP) is -2.34. The summed E-state index contributed by atoms with van der Waals surface area (Å²) in [6, 6.07) is 16.2. The Kier molecular flexibility index (Phi) is 30.0. The number of amides is 2. The van der Waals surface area contributed by atoms with Gasteiger partial charge in [0.15, 0.2) is 11.5 Å². The van der Waals surface area contributed by atoms with Gasteiger partial charge in [-0.2, -0.15) is 8.67 Å². The van der Waals surface area contributed by atoms with Gasteiger partial charge in [-0.05, 0) is 77.5 Å². The Balaban J connectivity index is 0.00000400. The van der Waals surface area contributed by atoms with Crippen molar-refractivity contribution >= 4 is 158 Å². The molecule has 0 aromatic heterocycles. The summed E-state index contributed by atoms with van der Waals surface area (Å²) in [6.45, 7) is 0. The van der Waals surface area contributed by atoms with Gasteiger partial charge in [-0.3, -0.25) is 19.7 Å². The zero-order chi connectivity index (χ0) is 53.8. The molecule has 0 spiro atoms. The number of benzene rings is 7. The number of nitrogens with one attached hydrogen (secondary N) is 2. The number of carbonyl (C=O) groups excluding carboxylic acids is 2. The van der Waals surface area contributed by atoms with Gasteiger partial charge in [0.1, 0.15) is 54.5 Å². The van der Waals surface area contributed by atoms with Crippen LogP contribution >= 0.6 is 70.5 Å². The van der Waals surface area contributed by atoms with Gasteiger partial charge >= 0.3 is 206 Å². The summed E-state index contributed by atoms with van der Waals surface area (Å²) in [5.41, 5.74) is -2.88. The number of hydrogen-bond donors (Lipinski definition) is 4. The molecule has 7 aromatic carbocycles. The first-order chi connectivity index (χ1) is 35.1. The topological polar surface area (TPSA) is 364 Å². The predicted molar refractivity (Wildman–Crippen MR) is 260 cm³/mol. The molecular formula is C42H24Cl4K4N6O18S4. The molecule has 0 saturated carbocycles. The second-order valence-corrected chi connectivity index (χ2v) is 20.2. The number of phenolic OH excluding ortho intramolecular Hbond substituents is 2. The largest absolute Gasteiger partial charge is 1.00 e. The summed E-state index contributed by atoms with van der Waals surface area (Å²) in [5.74, 6) is -4.04. The summed E-state index contributed by atoms with van der Waals surface area (Å²) in [5, 5.41) is 72.0. The van der Waals surface area contributed by atoms with Crippen molar-refractivity contribution in [1.29, 1.82) is 0 Å². The van der Waals surface area contributed by atoms with E-state index < -0.39 is 70.4 Å². The van der Waals surface area contributed by atoms with Gasteiger partial charge in [0, 0.05) is 32.8 Å². The molecule has 7 rings (SSSR count). The van der Waals surface area contributed by atoms with Crippen LogP contribution in [0.2, 0.25) is 20.1 Å². The molecule has 0 heterocycles. The third kappa shape index (κ3) is 17.5. The molecule has 24 nitrogen and oxygen atoms in total. The number of anilines is 2. The number of hydrogen-bond acceptors (Lipinski definition) is 24. The molecule has 0 aliphatic rings. The summed E-state index contributed by atoms with van der Waals surface area (Å²) >= 11 is 25.0. The molecule has 4 N–H and O–H groups in total. The molecule has 386 valence electrons. The summed E-state index contributed by atoms with van der Waals surface area (Å²) in [7, 11) is -8.40. The van der Waals surface area contributed by atoms with E-state index in [1.165, 1.54) is 55.6 Å². The molecule has 0 bridgehead atoms. The first-order valence-electron chi connectivity index (χ1n) is 19.5. The van der Waals surface area contributed by atoms with Crippen LogP contribution in [0, 0.1) is 0 Å². The quantitative estimate of drug-likeness (QED) is 0.0175. The SMILES string of the molecule is COc1cc(N=Nc2c(S(=O)(=O)[O-])cc3cc(SOO[O-])cc(NC(=O)c4cccc(Cl)c4Cl)c3c2O)c(OC)cc1N=Nc1c(SOO[O-])cc2cc(S(=O)(=O)[O-])cc(NC(=O)c3ccc(Cl)cc3Cl)c2c1O.[K+].[K+].[K+].[K+]. The van der Waals surface area contributed by atoms with Gasteiger partial charge < -0.3 is 49.9 Å². The smallest absolute Gasteiger partial charge is 0.744 e. The molecule has 0 aliphatic carbocycles. The molecule has 78 heavy (non-hydrogen) atoms. The van der Waals surface area contributed by atoms with E-state index in [4.69, 9.17) is 55.9 Å². The van der Waals surface area contributed by atoms with Crippen molar-refractivity contribution in [2.75, 3.05) is 24.9 Å². The van der Waals surface area contributed by atoms with Crippen LogP contribution in [0.4, 0.5) is 34.1 Å². The number of azo groups is 2. The van der Waals surface area contributed by atoms with Crippen LogP contribution < -0.4 is 236 Å². The first-order valence-corrected chi connectivity index (χ1v) is 25.4. The van der Waals surface area contributed by atoms with E-state index in [1.807, 2.05) is 0 Å². The third-order valence-electron chi connectivity index (χ3n) is 9.98. The average molecular weight is 1330 g/mol. The summed E-state index contributed by atoms with van der Waals surface area (Å²) < 4.78 is 94.7. The molecule has 0 aliphatic heterocycles. The van der Waals surface area contributed by atoms with E-state index in [0.717, 1.165) is 43.5 Å². The second-order valence-electron chi connectivity index (χ2n) is 14.4. The van der Waals surface area contributed by atoms with E-state index >= 15 is 0 Å². The minimum atomic E-state index is -5.51. The van der Waals surface area contributed by atoms with Crippen LogP contribution in [-0.2, 0) is 39.0 Å². The van der Waals surface area contributed by atoms with Crippen molar-refractivity contribution < 1.29 is 290 Å². The van der Waals surface area contributed by atoms with Crippen molar-refractivity contribution in [3.63, 3.8) is 0 Å². The number of aromatic hydroxyl groups is 2. The van der Waals surface area contributed by atoms with Crippen LogP contribution in [0.3, 0.4) is 0 Å². The molecule has 36 heteroatoms. The normalized spacial score (nSPS) is 11.4. The third-order valence-corrected chi connectivity index (χ3v) is 14.2. The Morgan fingerprint density at radius 2 is 1.14 bits per heavy atom. The van der Waals surface area contributed by atoms with Crippen molar-refractivity contribution in [1.82, 2.24) is 0 Å². The van der Waals surface area contributed by atoms with Gasteiger partial charge in [0.25, 0.3) is 11.8 Å². The monoisotopic (exact) mass is 1320 g/mol. The molecule has 0 fully saturated rings. The zero-order valence-corrected chi connectivity index (χ0v) is 59.2. The van der Waals surface area contributed by atoms with E-state index in [-0.39, 0.29) is 309 Å². The van der Waals surface area contributed by atoms with Crippen molar-refractivity contribution in [3.8, 4) is 23.0 Å². The maximum Gasteiger partial charge on any atom is 1.00 e. The number of halogens is 4. The van der Waals surface area contributed by atoms with E-state index in [2.05, 4.69) is 49.8 Å². The van der Waals surface area contributed by atoms with Gasteiger partial charge in [0.2, 0.25) is 0 Å². The number of ether oxygens (including phenoxy) is 2. The van der Waals surface area contributed by atoms with Crippen LogP contribution in [-0.4, -0.2) is 62.2 Å². The summed E-state index contributed by atoms with van der Waals surface area (Å²) in [6.07, 6.45) is 0. The molecule has 0 saturated heterocycles. The Morgan fingerprint density at radius 3 is 1.69 bits per heavy atom. The molecular weight excluding hydrogens is 1300 g/mol. The van der Waals surface area contributed by atoms with Crippen molar-refractivity contribution in [2.45, 2.75) is 19.6 Å². The fourth-order valence-electron chi connectivity index (χ4n) is 6.82. The number of carbonyl (C=O) groups is 2. The minimum absolute atomic E-state index is 0. The van der Waals surface area contributed by atoms with Gasteiger partial charge in [-0.1, -0.05) is 52.5 Å². The number of methoxy groups -OCH3 is 2. The van der Waals surface area contributed by atoms with Crippen LogP contribution in [0.1, 0.15) is 20.7 Å². The Morgan fingerprint density at radius 1 is 0.603 bits per heavy atom. The fourth-order valence-corrected chi connectivity index (χ4v) is 9.82. The van der Waals surface area contributed by atoms with Crippen LogP contribution in [0.25, 0.3) is 21.5 Å². The van der Waals surface area contributed by atoms with Crippen LogP contribution in [0.5, 0.6) is 23.0 Å². The standard InChI is InChI=1S/C42H28Cl4N6O18S4.4K/c1-65-30-16-27(50-52-38-33(74(62,63)64)11-17-8-20(71-69-67-57)13-28(34(17)40(38)54)47-42(56)23-4-3-5-24(44)36(23)46)31(66-2)15-26(30)49-51-37-32(72-70-68-58)10-18-9-21(73(59,60)61)14-29(35(18)39(37)53)48-41(55)22-7-6-19(43)12-25(22)45;;;;/h3-16,53-54,57-58H,1-2H3,(H,47,56)(H,48,55)(H,59,60,61)(H,62,63,64);;;;/q;4*+1/p-4. The molecule has 0 unspecified atom stereocenters. The van der Waals surface area contributed by atoms with Gasteiger partial charge in [-0.15, -0.1) is 20.5 Å². The number of rotatable bonds is 18. The Hall–Kier alpha value is 0.385. The molecule has 0 radical (unpaired) electrons. The average Bonchev–Trinajstić information content (AvgIpc) is 3.36. The Labute approximate surface area is 639 Å². The van der Waals surface area contributed by atoms with Crippen LogP contribution in [0.15, 0.2) is 125 Å². The van der Waals surface area contributed by atoms with E-state index in [0.29, 0.717) is 12.0 Å². The number of fused-ring (bicyclic) bond motifs is 2. The van der Waals surface area contributed by atoms with Gasteiger partial charge in [-0.25, -0.2) is 16.8 Å². The first kappa shape index (κ1) is 72.6.